The molecular weight excluding hydrogens is 392 g/mol. The Morgan fingerprint density at radius 1 is 1.00 bits per heavy atom. The standard InChI is InChI=1S/C17H11ClN4O6/c18-9-5-6-10(22-21-9)28-8-3-1-7(2-4-8)11-12(16(24)25)14(19)20-15(23)13(11)17(26)27/h1-6H,(H,24,25)(H,26,27)(H3,19,20,23). The first-order valence-corrected chi connectivity index (χ1v) is 7.95. The number of nitrogen functional groups attached to an aromatic ring is 1. The Balaban J connectivity index is 2.08. The van der Waals surface area contributed by atoms with Crippen molar-refractivity contribution in [2.24, 2.45) is 0 Å². The number of hydrogen-bond donors (Lipinski definition) is 4. The van der Waals surface area contributed by atoms with Gasteiger partial charge in [-0.15, -0.1) is 10.2 Å². The summed E-state index contributed by atoms with van der Waals surface area (Å²) in [5, 5.41) is 26.4. The Labute approximate surface area is 161 Å². The van der Waals surface area contributed by atoms with E-state index in [2.05, 4.69) is 10.2 Å². The molecule has 11 heteroatoms. The summed E-state index contributed by atoms with van der Waals surface area (Å²) in [5.41, 5.74) is 3.18. The number of hydrogen-bond acceptors (Lipinski definition) is 7. The number of nitrogens with one attached hydrogen (secondary N) is 1. The van der Waals surface area contributed by atoms with E-state index in [1.165, 1.54) is 36.4 Å². The number of benzene rings is 1. The van der Waals surface area contributed by atoms with Crippen LogP contribution >= 0.6 is 11.6 Å². The molecule has 142 valence electrons. The maximum absolute atomic E-state index is 12.0. The number of carboxylic acid groups (broad SMARTS) is 2. The summed E-state index contributed by atoms with van der Waals surface area (Å²) in [4.78, 5) is 37.2. The van der Waals surface area contributed by atoms with Crippen LogP contribution in [-0.4, -0.2) is 37.3 Å². The average molecular weight is 403 g/mol. The molecule has 0 unspecified atom stereocenters. The van der Waals surface area contributed by atoms with Gasteiger partial charge in [0.15, 0.2) is 5.15 Å². The normalized spacial score (nSPS) is 10.5. The van der Waals surface area contributed by atoms with Crippen molar-refractivity contribution in [2.45, 2.75) is 0 Å². The maximum Gasteiger partial charge on any atom is 0.342 e. The molecule has 3 aromatic rings. The van der Waals surface area contributed by atoms with Gasteiger partial charge in [-0.3, -0.25) is 4.79 Å². The van der Waals surface area contributed by atoms with Crippen molar-refractivity contribution in [3.05, 3.63) is 63.0 Å². The number of pyridine rings is 1. The number of aromatic carboxylic acids is 2. The summed E-state index contributed by atoms with van der Waals surface area (Å²) in [5.74, 6) is -3.05. The number of nitrogens with two attached hydrogens (primary N) is 1. The van der Waals surface area contributed by atoms with Gasteiger partial charge in [0.05, 0.1) is 0 Å². The molecule has 0 aliphatic carbocycles. The molecule has 0 aliphatic rings. The van der Waals surface area contributed by atoms with Gasteiger partial charge in [-0.2, -0.15) is 0 Å². The van der Waals surface area contributed by atoms with Crippen LogP contribution in [0.3, 0.4) is 0 Å². The highest BCUT2D eigenvalue weighted by Gasteiger charge is 2.26. The molecular formula is C17H11ClN4O6. The van der Waals surface area contributed by atoms with Gasteiger partial charge in [-0.25, -0.2) is 9.59 Å². The highest BCUT2D eigenvalue weighted by atomic mass is 35.5. The van der Waals surface area contributed by atoms with E-state index in [1.54, 1.807) is 0 Å². The molecule has 2 aromatic heterocycles. The van der Waals surface area contributed by atoms with Crippen molar-refractivity contribution in [3.8, 4) is 22.8 Å². The topological polar surface area (TPSA) is 168 Å². The predicted octanol–water partition coefficient (Wildman–Crippen LogP) is 2.26. The molecule has 0 radical (unpaired) electrons. The second kappa shape index (κ2) is 7.37. The van der Waals surface area contributed by atoms with Crippen molar-refractivity contribution in [3.63, 3.8) is 0 Å². The molecule has 5 N–H and O–H groups in total. The Bertz CT molecular complexity index is 1130. The molecule has 28 heavy (non-hydrogen) atoms. The van der Waals surface area contributed by atoms with Gasteiger partial charge in [0.1, 0.15) is 22.7 Å². The van der Waals surface area contributed by atoms with Gasteiger partial charge in [0.25, 0.3) is 5.56 Å². The van der Waals surface area contributed by atoms with Gasteiger partial charge in [0.2, 0.25) is 5.88 Å². The first-order chi connectivity index (χ1) is 13.3. The van der Waals surface area contributed by atoms with Crippen LogP contribution in [0.4, 0.5) is 5.82 Å². The van der Waals surface area contributed by atoms with Crippen molar-refractivity contribution >= 4 is 29.4 Å². The van der Waals surface area contributed by atoms with Gasteiger partial charge in [0, 0.05) is 11.6 Å². The summed E-state index contributed by atoms with van der Waals surface area (Å²) < 4.78 is 5.47. The van der Waals surface area contributed by atoms with E-state index in [-0.39, 0.29) is 22.2 Å². The molecule has 0 amide bonds. The molecule has 0 spiro atoms. The summed E-state index contributed by atoms with van der Waals surface area (Å²) in [6.07, 6.45) is 0. The number of carboxylic acids is 2. The summed E-state index contributed by atoms with van der Waals surface area (Å²) in [7, 11) is 0. The lowest BCUT2D eigenvalue weighted by atomic mass is 9.95. The lowest BCUT2D eigenvalue weighted by Gasteiger charge is -2.12. The van der Waals surface area contributed by atoms with E-state index < -0.39 is 34.4 Å². The third-order valence-electron chi connectivity index (χ3n) is 3.65. The zero-order valence-electron chi connectivity index (χ0n) is 13.8. The monoisotopic (exact) mass is 402 g/mol. The number of H-pyrrole nitrogens is 1. The largest absolute Gasteiger partial charge is 0.478 e. The quantitative estimate of drug-likeness (QED) is 0.499. The summed E-state index contributed by atoms with van der Waals surface area (Å²) in [6.45, 7) is 0. The van der Waals surface area contributed by atoms with Crippen molar-refractivity contribution in [1.82, 2.24) is 15.2 Å². The molecule has 0 fully saturated rings. The summed E-state index contributed by atoms with van der Waals surface area (Å²) >= 11 is 5.65. The van der Waals surface area contributed by atoms with Crippen LogP contribution in [0.1, 0.15) is 20.7 Å². The molecule has 1 aromatic carbocycles. The Morgan fingerprint density at radius 2 is 1.64 bits per heavy atom. The first kappa shape index (κ1) is 18.9. The maximum atomic E-state index is 12.0. The van der Waals surface area contributed by atoms with Crippen LogP contribution in [-0.2, 0) is 0 Å². The third-order valence-corrected chi connectivity index (χ3v) is 3.85. The van der Waals surface area contributed by atoms with E-state index in [4.69, 9.17) is 22.1 Å². The van der Waals surface area contributed by atoms with E-state index in [0.29, 0.717) is 5.75 Å². The molecule has 0 bridgehead atoms. The second-order valence-electron chi connectivity index (χ2n) is 5.42. The van der Waals surface area contributed by atoms with Crippen LogP contribution in [0.5, 0.6) is 11.6 Å². The van der Waals surface area contributed by atoms with Gasteiger partial charge in [-0.1, -0.05) is 23.7 Å². The fraction of sp³-hybridized carbons (Fsp3) is 0. The van der Waals surface area contributed by atoms with Crippen LogP contribution in [0.2, 0.25) is 5.15 Å². The molecule has 2 heterocycles. The molecule has 0 atom stereocenters. The number of aromatic nitrogens is 3. The van der Waals surface area contributed by atoms with Gasteiger partial charge in [-0.05, 0) is 23.8 Å². The van der Waals surface area contributed by atoms with E-state index in [0.717, 1.165) is 0 Å². The minimum atomic E-state index is -1.59. The smallest absolute Gasteiger partial charge is 0.342 e. The zero-order chi connectivity index (χ0) is 20.4. The third kappa shape index (κ3) is 3.62. The zero-order valence-corrected chi connectivity index (χ0v) is 14.6. The van der Waals surface area contributed by atoms with Gasteiger partial charge >= 0.3 is 11.9 Å². The lowest BCUT2D eigenvalue weighted by molar-refractivity contribution is 0.0695. The first-order valence-electron chi connectivity index (χ1n) is 7.57. The number of halogens is 1. The Kier molecular flexibility index (Phi) is 4.96. The number of ether oxygens (including phenoxy) is 1. The lowest BCUT2D eigenvalue weighted by Crippen LogP contribution is -2.24. The fourth-order valence-corrected chi connectivity index (χ4v) is 2.60. The minimum absolute atomic E-state index is 0.155. The minimum Gasteiger partial charge on any atom is -0.478 e. The van der Waals surface area contributed by atoms with E-state index in [9.17, 15) is 24.6 Å². The predicted molar refractivity (Wildman–Crippen MR) is 97.9 cm³/mol. The van der Waals surface area contributed by atoms with Crippen molar-refractivity contribution < 1.29 is 24.5 Å². The van der Waals surface area contributed by atoms with Gasteiger partial charge < -0.3 is 25.7 Å². The highest BCUT2D eigenvalue weighted by Crippen LogP contribution is 2.31. The molecule has 0 saturated carbocycles. The molecule has 0 aliphatic heterocycles. The Morgan fingerprint density at radius 3 is 2.18 bits per heavy atom. The number of aromatic amines is 1. The summed E-state index contributed by atoms with van der Waals surface area (Å²) in [6, 6.07) is 8.65. The fourth-order valence-electron chi connectivity index (χ4n) is 2.50. The number of anilines is 1. The van der Waals surface area contributed by atoms with Crippen LogP contribution in [0.25, 0.3) is 11.1 Å². The molecule has 3 rings (SSSR count). The highest BCUT2D eigenvalue weighted by molar-refractivity contribution is 6.29. The number of nitrogens with zero attached hydrogens (tertiary/aromatic N) is 2. The van der Waals surface area contributed by atoms with Crippen LogP contribution < -0.4 is 16.0 Å². The number of carbonyl (C=O) groups is 2. The van der Waals surface area contributed by atoms with Crippen LogP contribution in [0, 0.1) is 0 Å². The van der Waals surface area contributed by atoms with Crippen molar-refractivity contribution in [1.29, 1.82) is 0 Å². The SMILES string of the molecule is Nc1[nH]c(=O)c(C(=O)O)c(-c2ccc(Oc3ccc(Cl)nn3)cc2)c1C(=O)O. The number of rotatable bonds is 5. The average Bonchev–Trinajstić information content (AvgIpc) is 2.63. The van der Waals surface area contributed by atoms with Crippen molar-refractivity contribution in [2.75, 3.05) is 5.73 Å². The van der Waals surface area contributed by atoms with E-state index in [1.807, 2.05) is 4.98 Å². The molecule has 10 nitrogen and oxygen atoms in total. The second-order valence-corrected chi connectivity index (χ2v) is 5.81. The van der Waals surface area contributed by atoms with Crippen LogP contribution in [0.15, 0.2) is 41.2 Å². The molecule has 0 saturated heterocycles. The Hall–Kier alpha value is -3.92. The van der Waals surface area contributed by atoms with E-state index >= 15 is 0 Å².